The van der Waals surface area contributed by atoms with E-state index in [2.05, 4.69) is 30.1 Å². The van der Waals surface area contributed by atoms with Crippen molar-refractivity contribution in [3.63, 3.8) is 0 Å². The maximum absolute atomic E-state index is 8.61. The molecule has 0 fully saturated rings. The van der Waals surface area contributed by atoms with Crippen LogP contribution < -0.4 is 0 Å². The van der Waals surface area contributed by atoms with Gasteiger partial charge in [0.25, 0.3) is 0 Å². The van der Waals surface area contributed by atoms with Gasteiger partial charge in [0.1, 0.15) is 0 Å². The van der Waals surface area contributed by atoms with Crippen LogP contribution in [0.25, 0.3) is 0 Å². The molecule has 0 amide bonds. The topological polar surface area (TPSA) is 62.7 Å². The highest BCUT2D eigenvalue weighted by Gasteiger charge is 2.10. The second-order valence-corrected chi connectivity index (χ2v) is 3.94. The maximum atomic E-state index is 8.61. The van der Waals surface area contributed by atoms with E-state index < -0.39 is 0 Å². The van der Waals surface area contributed by atoms with Gasteiger partial charge in [0.2, 0.25) is 5.89 Å². The quantitative estimate of drug-likeness (QED) is 0.733. The van der Waals surface area contributed by atoms with Crippen LogP contribution in [0.3, 0.4) is 0 Å². The fraction of sp³-hybridized carbons (Fsp3) is 0.700. The zero-order chi connectivity index (χ0) is 10.6. The Balaban J connectivity index is 2.56. The van der Waals surface area contributed by atoms with Crippen molar-refractivity contribution in [1.82, 2.24) is 10.1 Å². The van der Waals surface area contributed by atoms with Crippen molar-refractivity contribution in [3.05, 3.63) is 11.7 Å². The van der Waals surface area contributed by atoms with Gasteiger partial charge in [0.15, 0.2) is 5.82 Å². The van der Waals surface area contributed by atoms with Crippen molar-refractivity contribution in [2.45, 2.75) is 33.6 Å². The van der Waals surface area contributed by atoms with Crippen LogP contribution in [-0.2, 0) is 12.8 Å². The highest BCUT2D eigenvalue weighted by molar-refractivity contribution is 4.92. The minimum Gasteiger partial charge on any atom is -0.339 e. The second-order valence-electron chi connectivity index (χ2n) is 3.94. The van der Waals surface area contributed by atoms with Crippen LogP contribution in [0, 0.1) is 23.2 Å². The Kier molecular flexibility index (Phi) is 3.63. The minimum absolute atomic E-state index is 0.0673. The van der Waals surface area contributed by atoms with E-state index in [4.69, 9.17) is 9.78 Å². The Labute approximate surface area is 83.9 Å². The second kappa shape index (κ2) is 4.75. The molecule has 0 aliphatic heterocycles. The highest BCUT2D eigenvalue weighted by atomic mass is 16.5. The van der Waals surface area contributed by atoms with E-state index in [0.29, 0.717) is 18.2 Å². The standard InChI is InChI=1S/C10H15N3O/c1-7(2)4-9-12-10(14-13-9)5-8(3)6-11/h7-8H,4-5H2,1-3H3. The zero-order valence-corrected chi connectivity index (χ0v) is 8.82. The fourth-order valence-corrected chi connectivity index (χ4v) is 1.13. The molecule has 0 aromatic carbocycles. The number of hydrogen-bond acceptors (Lipinski definition) is 4. The van der Waals surface area contributed by atoms with Crippen LogP contribution in [0.5, 0.6) is 0 Å². The number of nitriles is 1. The van der Waals surface area contributed by atoms with Gasteiger partial charge in [-0.05, 0) is 12.8 Å². The predicted molar refractivity (Wildman–Crippen MR) is 51.3 cm³/mol. The smallest absolute Gasteiger partial charge is 0.227 e. The molecule has 4 heteroatoms. The molecule has 0 spiro atoms. The van der Waals surface area contributed by atoms with Gasteiger partial charge >= 0.3 is 0 Å². The summed E-state index contributed by atoms with van der Waals surface area (Å²) in [5, 5.41) is 12.5. The Hall–Kier alpha value is -1.37. The Bertz CT molecular complexity index is 324. The van der Waals surface area contributed by atoms with Crippen LogP contribution >= 0.6 is 0 Å². The molecule has 0 aliphatic carbocycles. The van der Waals surface area contributed by atoms with Crippen LogP contribution in [0.1, 0.15) is 32.5 Å². The predicted octanol–water partition coefficient (Wildman–Crippen LogP) is 1.97. The summed E-state index contributed by atoms with van der Waals surface area (Å²) in [5.74, 6) is 1.76. The maximum Gasteiger partial charge on any atom is 0.227 e. The molecular formula is C10H15N3O. The summed E-state index contributed by atoms with van der Waals surface area (Å²) < 4.78 is 5.03. The molecule has 0 saturated heterocycles. The lowest BCUT2D eigenvalue weighted by molar-refractivity contribution is 0.362. The first kappa shape index (κ1) is 10.7. The Morgan fingerprint density at radius 1 is 1.36 bits per heavy atom. The van der Waals surface area contributed by atoms with Crippen molar-refractivity contribution in [3.8, 4) is 6.07 Å². The van der Waals surface area contributed by atoms with E-state index >= 15 is 0 Å². The van der Waals surface area contributed by atoms with Gasteiger partial charge in [-0.15, -0.1) is 0 Å². The van der Waals surface area contributed by atoms with Gasteiger partial charge in [0.05, 0.1) is 12.0 Å². The number of aromatic nitrogens is 2. The van der Waals surface area contributed by atoms with Crippen LogP contribution in [0.15, 0.2) is 4.52 Å². The van der Waals surface area contributed by atoms with Gasteiger partial charge < -0.3 is 4.52 Å². The molecule has 1 unspecified atom stereocenters. The summed E-state index contributed by atoms with van der Waals surface area (Å²) in [6, 6.07) is 2.14. The van der Waals surface area contributed by atoms with Crippen molar-refractivity contribution < 1.29 is 4.52 Å². The van der Waals surface area contributed by atoms with E-state index in [1.807, 2.05) is 6.92 Å². The molecular weight excluding hydrogens is 178 g/mol. The summed E-state index contributed by atoms with van der Waals surface area (Å²) >= 11 is 0. The fourth-order valence-electron chi connectivity index (χ4n) is 1.13. The molecule has 1 aromatic rings. The molecule has 0 N–H and O–H groups in total. The monoisotopic (exact) mass is 193 g/mol. The van der Waals surface area contributed by atoms with Crippen molar-refractivity contribution in [2.24, 2.45) is 11.8 Å². The lowest BCUT2D eigenvalue weighted by Gasteiger charge is -1.96. The van der Waals surface area contributed by atoms with E-state index in [9.17, 15) is 0 Å². The lowest BCUT2D eigenvalue weighted by atomic mass is 10.1. The summed E-state index contributed by atoms with van der Waals surface area (Å²) in [5.41, 5.74) is 0. The molecule has 1 heterocycles. The molecule has 0 aliphatic rings. The summed E-state index contributed by atoms with van der Waals surface area (Å²) in [6.45, 7) is 6.05. The van der Waals surface area contributed by atoms with E-state index in [0.717, 1.165) is 12.2 Å². The molecule has 0 radical (unpaired) electrons. The molecule has 1 atom stereocenters. The lowest BCUT2D eigenvalue weighted by Crippen LogP contribution is -1.98. The number of nitrogens with zero attached hydrogens (tertiary/aromatic N) is 3. The van der Waals surface area contributed by atoms with Gasteiger partial charge in [-0.1, -0.05) is 19.0 Å². The summed E-state index contributed by atoms with van der Waals surface area (Å²) in [4.78, 5) is 4.21. The van der Waals surface area contributed by atoms with E-state index in [1.165, 1.54) is 0 Å². The minimum atomic E-state index is -0.0673. The molecule has 1 rings (SSSR count). The number of hydrogen-bond donors (Lipinski definition) is 0. The summed E-state index contributed by atoms with van der Waals surface area (Å²) in [6.07, 6.45) is 1.37. The summed E-state index contributed by atoms with van der Waals surface area (Å²) in [7, 11) is 0. The van der Waals surface area contributed by atoms with Crippen LogP contribution in [0.4, 0.5) is 0 Å². The average Bonchev–Trinajstić information content (AvgIpc) is 2.51. The first-order valence-electron chi connectivity index (χ1n) is 4.83. The SMILES string of the molecule is CC(C)Cc1noc(CC(C)C#N)n1. The Morgan fingerprint density at radius 2 is 2.07 bits per heavy atom. The molecule has 0 saturated carbocycles. The molecule has 1 aromatic heterocycles. The highest BCUT2D eigenvalue weighted by Crippen LogP contribution is 2.08. The molecule has 4 nitrogen and oxygen atoms in total. The third-order valence-electron chi connectivity index (χ3n) is 1.80. The molecule has 0 bridgehead atoms. The number of rotatable bonds is 4. The van der Waals surface area contributed by atoms with E-state index in [1.54, 1.807) is 0 Å². The van der Waals surface area contributed by atoms with Gasteiger partial charge in [-0.25, -0.2) is 0 Å². The third kappa shape index (κ3) is 3.17. The van der Waals surface area contributed by atoms with Crippen LogP contribution in [0.2, 0.25) is 0 Å². The average molecular weight is 193 g/mol. The van der Waals surface area contributed by atoms with Gasteiger partial charge in [-0.2, -0.15) is 10.2 Å². The van der Waals surface area contributed by atoms with Gasteiger partial charge in [-0.3, -0.25) is 0 Å². The first-order chi connectivity index (χ1) is 6.61. The first-order valence-corrected chi connectivity index (χ1v) is 4.83. The Morgan fingerprint density at radius 3 is 2.64 bits per heavy atom. The molecule has 14 heavy (non-hydrogen) atoms. The normalized spacial score (nSPS) is 12.8. The third-order valence-corrected chi connectivity index (χ3v) is 1.80. The largest absolute Gasteiger partial charge is 0.339 e. The van der Waals surface area contributed by atoms with Crippen LogP contribution in [-0.4, -0.2) is 10.1 Å². The van der Waals surface area contributed by atoms with Crippen molar-refractivity contribution in [1.29, 1.82) is 5.26 Å². The van der Waals surface area contributed by atoms with E-state index in [-0.39, 0.29) is 5.92 Å². The van der Waals surface area contributed by atoms with Crippen molar-refractivity contribution >= 4 is 0 Å². The molecule has 76 valence electrons. The zero-order valence-electron chi connectivity index (χ0n) is 8.82. The van der Waals surface area contributed by atoms with Crippen molar-refractivity contribution in [2.75, 3.05) is 0 Å². The van der Waals surface area contributed by atoms with Gasteiger partial charge in [0, 0.05) is 12.8 Å².